The molecule has 0 bridgehead atoms. The van der Waals surface area contributed by atoms with E-state index in [0.717, 1.165) is 43.9 Å². The summed E-state index contributed by atoms with van der Waals surface area (Å²) in [4.78, 5) is 18.1. The number of rotatable bonds is 6. The Kier molecular flexibility index (Phi) is 6.32. The van der Waals surface area contributed by atoms with E-state index in [4.69, 9.17) is 10.5 Å². The van der Waals surface area contributed by atoms with Gasteiger partial charge in [-0.05, 0) is 30.6 Å². The molecule has 0 spiro atoms. The lowest BCUT2D eigenvalue weighted by molar-refractivity contribution is -0.134. The molecule has 1 aromatic heterocycles. The molecule has 21 heavy (non-hydrogen) atoms. The van der Waals surface area contributed by atoms with Crippen LogP contribution in [0.3, 0.4) is 0 Å². The van der Waals surface area contributed by atoms with E-state index in [2.05, 4.69) is 4.98 Å². The van der Waals surface area contributed by atoms with Gasteiger partial charge in [0, 0.05) is 38.3 Å². The highest BCUT2D eigenvalue weighted by atomic mass is 32.2. The van der Waals surface area contributed by atoms with Crippen LogP contribution in [0.2, 0.25) is 0 Å². The van der Waals surface area contributed by atoms with Gasteiger partial charge in [-0.3, -0.25) is 9.78 Å². The molecule has 1 saturated heterocycles. The van der Waals surface area contributed by atoms with Gasteiger partial charge < -0.3 is 15.4 Å². The maximum absolute atomic E-state index is 12.2. The molecule has 0 aliphatic carbocycles. The van der Waals surface area contributed by atoms with Gasteiger partial charge in [0.05, 0.1) is 6.04 Å². The van der Waals surface area contributed by atoms with Gasteiger partial charge in [0.25, 0.3) is 0 Å². The van der Waals surface area contributed by atoms with Gasteiger partial charge in [-0.2, -0.15) is 11.8 Å². The normalized spacial score (nSPS) is 17.5. The number of ether oxygens (including phenoxy) is 1. The number of nitrogens with zero attached hydrogens (tertiary/aromatic N) is 2. The first-order valence-electron chi connectivity index (χ1n) is 7.30. The molecule has 6 heteroatoms. The fourth-order valence-corrected chi connectivity index (χ4v) is 2.90. The number of hydrogen-bond donors (Lipinski definition) is 1. The number of amides is 1. The molecule has 1 amide bonds. The number of carbonyl (C=O) groups is 1. The van der Waals surface area contributed by atoms with Gasteiger partial charge in [0.1, 0.15) is 11.9 Å². The van der Waals surface area contributed by atoms with E-state index in [-0.39, 0.29) is 18.1 Å². The second kappa shape index (κ2) is 8.24. The molecule has 1 aromatic rings. The van der Waals surface area contributed by atoms with Crippen LogP contribution >= 0.6 is 11.8 Å². The number of pyridine rings is 1. The number of carbonyl (C=O) groups excluding carboxylic acids is 1. The number of hydrogen-bond acceptors (Lipinski definition) is 5. The van der Waals surface area contributed by atoms with Crippen molar-refractivity contribution in [3.8, 4) is 5.75 Å². The maximum atomic E-state index is 12.2. The Bertz CT molecular complexity index is 436. The predicted octanol–water partition coefficient (Wildman–Crippen LogP) is 1.53. The van der Waals surface area contributed by atoms with E-state index in [0.29, 0.717) is 0 Å². The topological polar surface area (TPSA) is 68.5 Å². The SMILES string of the molecule is CSCC[C@H](N)C(=O)N1CCC(Oc2ccncc2)CC1. The predicted molar refractivity (Wildman–Crippen MR) is 85.4 cm³/mol. The highest BCUT2D eigenvalue weighted by Gasteiger charge is 2.26. The molecule has 0 saturated carbocycles. The smallest absolute Gasteiger partial charge is 0.239 e. The molecule has 5 nitrogen and oxygen atoms in total. The molecule has 1 atom stereocenters. The molecular formula is C15H23N3O2S. The van der Waals surface area contributed by atoms with Crippen molar-refractivity contribution in [3.05, 3.63) is 24.5 Å². The van der Waals surface area contributed by atoms with Gasteiger partial charge in [-0.25, -0.2) is 0 Å². The average Bonchev–Trinajstić information content (AvgIpc) is 2.53. The van der Waals surface area contributed by atoms with Crippen LogP contribution in [0.5, 0.6) is 5.75 Å². The van der Waals surface area contributed by atoms with E-state index >= 15 is 0 Å². The van der Waals surface area contributed by atoms with E-state index in [1.54, 1.807) is 24.2 Å². The van der Waals surface area contributed by atoms with Gasteiger partial charge in [0.2, 0.25) is 5.91 Å². The fraction of sp³-hybridized carbons (Fsp3) is 0.600. The molecule has 2 rings (SSSR count). The first-order valence-corrected chi connectivity index (χ1v) is 8.70. The van der Waals surface area contributed by atoms with Gasteiger partial charge in [0.15, 0.2) is 0 Å². The van der Waals surface area contributed by atoms with E-state index in [1.165, 1.54) is 0 Å². The van der Waals surface area contributed by atoms with Crippen molar-refractivity contribution in [1.29, 1.82) is 0 Å². The Labute approximate surface area is 130 Å². The van der Waals surface area contributed by atoms with Crippen molar-refractivity contribution in [2.75, 3.05) is 25.1 Å². The Morgan fingerprint density at radius 3 is 2.76 bits per heavy atom. The van der Waals surface area contributed by atoms with Crippen molar-refractivity contribution >= 4 is 17.7 Å². The number of likely N-dealkylation sites (tertiary alicyclic amines) is 1. The van der Waals surface area contributed by atoms with E-state index in [9.17, 15) is 4.79 Å². The third-order valence-corrected chi connectivity index (χ3v) is 4.30. The first kappa shape index (κ1) is 16.1. The van der Waals surface area contributed by atoms with Crippen molar-refractivity contribution in [2.45, 2.75) is 31.4 Å². The third-order valence-electron chi connectivity index (χ3n) is 3.66. The molecule has 0 aromatic carbocycles. The summed E-state index contributed by atoms with van der Waals surface area (Å²) in [5.74, 6) is 1.84. The van der Waals surface area contributed by atoms with Crippen LogP contribution < -0.4 is 10.5 Å². The highest BCUT2D eigenvalue weighted by Crippen LogP contribution is 2.18. The second-order valence-electron chi connectivity index (χ2n) is 5.21. The van der Waals surface area contributed by atoms with Crippen LogP contribution in [0.25, 0.3) is 0 Å². The monoisotopic (exact) mass is 309 g/mol. The Hall–Kier alpha value is -1.27. The van der Waals surface area contributed by atoms with Crippen molar-refractivity contribution in [2.24, 2.45) is 5.73 Å². The molecule has 1 aliphatic rings. The Morgan fingerprint density at radius 1 is 1.48 bits per heavy atom. The van der Waals surface area contributed by atoms with E-state index in [1.807, 2.05) is 23.3 Å². The molecule has 2 heterocycles. The average molecular weight is 309 g/mol. The standard InChI is InChI=1S/C15H23N3O2S/c1-21-11-6-14(16)15(19)18-9-4-13(5-10-18)20-12-2-7-17-8-3-12/h2-3,7-8,13-14H,4-6,9-11,16H2,1H3/t14-/m0/s1. The second-order valence-corrected chi connectivity index (χ2v) is 6.20. The summed E-state index contributed by atoms with van der Waals surface area (Å²) < 4.78 is 5.90. The highest BCUT2D eigenvalue weighted by molar-refractivity contribution is 7.98. The Morgan fingerprint density at radius 2 is 2.14 bits per heavy atom. The number of nitrogens with two attached hydrogens (primary N) is 1. The van der Waals surface area contributed by atoms with Crippen LogP contribution in [-0.2, 0) is 4.79 Å². The number of thioether (sulfide) groups is 1. The van der Waals surface area contributed by atoms with Crippen LogP contribution in [-0.4, -0.2) is 53.0 Å². The molecule has 116 valence electrons. The molecule has 2 N–H and O–H groups in total. The third kappa shape index (κ3) is 4.89. The maximum Gasteiger partial charge on any atom is 0.239 e. The quantitative estimate of drug-likeness (QED) is 0.863. The zero-order valence-electron chi connectivity index (χ0n) is 12.4. The van der Waals surface area contributed by atoms with E-state index < -0.39 is 0 Å². The molecule has 0 unspecified atom stereocenters. The zero-order chi connectivity index (χ0) is 15.1. The summed E-state index contributed by atoms with van der Waals surface area (Å²) in [6.45, 7) is 1.45. The minimum Gasteiger partial charge on any atom is -0.490 e. The van der Waals surface area contributed by atoms with Gasteiger partial charge >= 0.3 is 0 Å². The summed E-state index contributed by atoms with van der Waals surface area (Å²) >= 11 is 1.72. The van der Waals surface area contributed by atoms with Gasteiger partial charge in [-0.15, -0.1) is 0 Å². The van der Waals surface area contributed by atoms with Crippen molar-refractivity contribution in [3.63, 3.8) is 0 Å². The van der Waals surface area contributed by atoms with Crippen molar-refractivity contribution < 1.29 is 9.53 Å². The Balaban J connectivity index is 1.76. The number of aromatic nitrogens is 1. The van der Waals surface area contributed by atoms with Crippen LogP contribution in [0.15, 0.2) is 24.5 Å². The molecule has 1 fully saturated rings. The first-order chi connectivity index (χ1) is 10.2. The fourth-order valence-electron chi connectivity index (χ4n) is 2.41. The lowest BCUT2D eigenvalue weighted by Crippen LogP contribution is -2.48. The molecule has 1 aliphatic heterocycles. The summed E-state index contributed by atoms with van der Waals surface area (Å²) in [6.07, 6.45) is 8.08. The summed E-state index contributed by atoms with van der Waals surface area (Å²) in [6, 6.07) is 3.35. The van der Waals surface area contributed by atoms with Crippen LogP contribution in [0.1, 0.15) is 19.3 Å². The number of piperidine rings is 1. The minimum absolute atomic E-state index is 0.0754. The lowest BCUT2D eigenvalue weighted by atomic mass is 10.1. The lowest BCUT2D eigenvalue weighted by Gasteiger charge is -2.33. The molecule has 0 radical (unpaired) electrons. The minimum atomic E-state index is -0.366. The zero-order valence-corrected chi connectivity index (χ0v) is 13.2. The summed E-state index contributed by atoms with van der Waals surface area (Å²) in [5, 5.41) is 0. The molecular weight excluding hydrogens is 286 g/mol. The van der Waals surface area contributed by atoms with Crippen LogP contribution in [0.4, 0.5) is 0 Å². The van der Waals surface area contributed by atoms with Crippen molar-refractivity contribution in [1.82, 2.24) is 9.88 Å². The van der Waals surface area contributed by atoms with Gasteiger partial charge in [-0.1, -0.05) is 0 Å². The summed E-state index contributed by atoms with van der Waals surface area (Å²) in [5.41, 5.74) is 5.95. The largest absolute Gasteiger partial charge is 0.490 e. The van der Waals surface area contributed by atoms with Crippen LogP contribution in [0, 0.1) is 0 Å². The summed E-state index contributed by atoms with van der Waals surface area (Å²) in [7, 11) is 0.